The van der Waals surface area contributed by atoms with Gasteiger partial charge in [-0.05, 0) is 6.42 Å². The molecule has 0 spiro atoms. The Morgan fingerprint density at radius 2 is 2.08 bits per heavy atom. The summed E-state index contributed by atoms with van der Waals surface area (Å²) in [6.45, 7) is -0.475. The van der Waals surface area contributed by atoms with Crippen molar-refractivity contribution in [2.45, 2.75) is 55.9 Å². The molecule has 3 heterocycles. The van der Waals surface area contributed by atoms with E-state index in [1.807, 2.05) is 0 Å². The van der Waals surface area contributed by atoms with E-state index in [-0.39, 0.29) is 28.0 Å². The average molecular weight is 368 g/mol. The molecule has 1 saturated heterocycles. The zero-order valence-electron chi connectivity index (χ0n) is 13.9. The van der Waals surface area contributed by atoms with Gasteiger partial charge in [0.25, 0.3) is 11.4 Å². The second-order valence-electron chi connectivity index (χ2n) is 7.05. The lowest BCUT2D eigenvalue weighted by atomic mass is 10.1. The molecular formula is C15H22N5O6+. The monoisotopic (exact) mass is 368 g/mol. The highest BCUT2D eigenvalue weighted by Crippen LogP contribution is 2.45. The van der Waals surface area contributed by atoms with E-state index in [0.717, 1.165) is 0 Å². The minimum atomic E-state index is -1.34. The second-order valence-corrected chi connectivity index (χ2v) is 7.05. The molecule has 11 nitrogen and oxygen atoms in total. The Hall–Kier alpha value is -1.89. The predicted octanol–water partition coefficient (Wildman–Crippen LogP) is -2.31. The second kappa shape index (κ2) is 6.08. The van der Waals surface area contributed by atoms with Gasteiger partial charge < -0.3 is 30.9 Å². The molecule has 1 saturated carbocycles. The number of quaternary nitrogens is 1. The SMILES string of the molecule is Nc1nc2c(c(=O)[nH]1)N=C[N+]2([C@@H]1CC[C@H](O)C1)[C@@H]1O[C@H](CO)[C@@H](O)[C@H]1O. The predicted molar refractivity (Wildman–Crippen MR) is 90.6 cm³/mol. The van der Waals surface area contributed by atoms with Crippen LogP contribution in [0.2, 0.25) is 0 Å². The third-order valence-electron chi connectivity index (χ3n) is 5.56. The number of nitrogens with two attached hydrogens (primary N) is 1. The lowest BCUT2D eigenvalue weighted by Gasteiger charge is -2.40. The molecule has 0 bridgehead atoms. The van der Waals surface area contributed by atoms with Gasteiger partial charge in [-0.1, -0.05) is 0 Å². The fourth-order valence-electron chi connectivity index (χ4n) is 4.28. The van der Waals surface area contributed by atoms with Crippen LogP contribution >= 0.6 is 0 Å². The third kappa shape index (κ3) is 2.32. The number of aliphatic hydroxyl groups excluding tert-OH is 4. The lowest BCUT2D eigenvalue weighted by Crippen LogP contribution is -2.64. The highest BCUT2D eigenvalue weighted by Gasteiger charge is 2.61. The smallest absolute Gasteiger partial charge is 0.284 e. The zero-order valence-corrected chi connectivity index (χ0v) is 13.9. The quantitative estimate of drug-likeness (QED) is 0.322. The van der Waals surface area contributed by atoms with E-state index in [4.69, 9.17) is 10.5 Å². The van der Waals surface area contributed by atoms with E-state index >= 15 is 0 Å². The van der Waals surface area contributed by atoms with Crippen LogP contribution in [0.3, 0.4) is 0 Å². The molecule has 4 rings (SSSR count). The molecule has 0 radical (unpaired) electrons. The average Bonchev–Trinajstić information content (AvgIpc) is 3.26. The van der Waals surface area contributed by atoms with Gasteiger partial charge in [0.2, 0.25) is 17.9 Å². The number of aliphatic hydroxyl groups is 4. The maximum Gasteiger partial charge on any atom is 0.284 e. The number of hydrogen-bond acceptors (Lipinski definition) is 9. The van der Waals surface area contributed by atoms with Crippen molar-refractivity contribution in [3.05, 3.63) is 10.4 Å². The van der Waals surface area contributed by atoms with Crippen LogP contribution in [0.4, 0.5) is 17.5 Å². The van der Waals surface area contributed by atoms with Gasteiger partial charge >= 0.3 is 0 Å². The van der Waals surface area contributed by atoms with E-state index in [1.54, 1.807) is 0 Å². The fraction of sp³-hybridized carbons (Fsp3) is 0.667. The van der Waals surface area contributed by atoms with Gasteiger partial charge in [-0.15, -0.1) is 0 Å². The topological polar surface area (TPSA) is 174 Å². The summed E-state index contributed by atoms with van der Waals surface area (Å²) in [5.41, 5.74) is 5.25. The van der Waals surface area contributed by atoms with Gasteiger partial charge in [-0.3, -0.25) is 9.78 Å². The summed E-state index contributed by atoms with van der Waals surface area (Å²) in [5, 5.41) is 40.3. The van der Waals surface area contributed by atoms with E-state index < -0.39 is 42.8 Å². The first kappa shape index (κ1) is 17.5. The van der Waals surface area contributed by atoms with Crippen LogP contribution < -0.4 is 15.8 Å². The van der Waals surface area contributed by atoms with Gasteiger partial charge in [-0.2, -0.15) is 9.98 Å². The Morgan fingerprint density at radius 3 is 2.69 bits per heavy atom. The summed E-state index contributed by atoms with van der Waals surface area (Å²) in [7, 11) is 0. The lowest BCUT2D eigenvalue weighted by molar-refractivity contribution is -0.0781. The van der Waals surface area contributed by atoms with Gasteiger partial charge in [0.15, 0.2) is 12.4 Å². The van der Waals surface area contributed by atoms with Crippen molar-refractivity contribution < 1.29 is 25.2 Å². The summed E-state index contributed by atoms with van der Waals surface area (Å²) in [6.07, 6.45) is -2.25. The van der Waals surface area contributed by atoms with Crippen LogP contribution in [0.15, 0.2) is 9.79 Å². The largest absolute Gasteiger partial charge is 0.394 e. The maximum atomic E-state index is 12.2. The Kier molecular flexibility index (Phi) is 4.10. The maximum absolute atomic E-state index is 12.2. The first-order valence-electron chi connectivity index (χ1n) is 8.52. The molecule has 7 atom stereocenters. The number of fused-ring (bicyclic) bond motifs is 1. The van der Waals surface area contributed by atoms with Crippen LogP contribution in [0.5, 0.6) is 0 Å². The minimum Gasteiger partial charge on any atom is -0.394 e. The zero-order chi connectivity index (χ0) is 18.6. The molecule has 142 valence electrons. The first-order valence-corrected chi connectivity index (χ1v) is 8.52. The Balaban J connectivity index is 1.87. The van der Waals surface area contributed by atoms with Gasteiger partial charge in [0.05, 0.1) is 12.7 Å². The third-order valence-corrected chi connectivity index (χ3v) is 5.56. The molecule has 2 aliphatic heterocycles. The van der Waals surface area contributed by atoms with Crippen LogP contribution in [0, 0.1) is 0 Å². The van der Waals surface area contributed by atoms with Crippen LogP contribution in [-0.2, 0) is 4.74 Å². The molecular weight excluding hydrogens is 346 g/mol. The number of aromatic nitrogens is 2. The standard InChI is InChI=1S/C15H21N5O6/c16-15-18-12-9(13(25)19-15)17-5-20(12,6-1-2-7(22)3-6)14-11(24)10(23)8(4-21)26-14/h5-8,10-11,14,21-24H,1-4H2,(H2-,16,18,19,25)/p+1/t6-,7+,8-,10-,11-,14-,20?/m1/s1. The highest BCUT2D eigenvalue weighted by atomic mass is 16.6. The van der Waals surface area contributed by atoms with Crippen molar-refractivity contribution in [1.82, 2.24) is 14.5 Å². The summed E-state index contributed by atoms with van der Waals surface area (Å²) in [4.78, 5) is 23.1. The summed E-state index contributed by atoms with van der Waals surface area (Å²) >= 11 is 0. The molecule has 1 aromatic heterocycles. The van der Waals surface area contributed by atoms with E-state index in [2.05, 4.69) is 15.0 Å². The van der Waals surface area contributed by atoms with Gasteiger partial charge in [0, 0.05) is 12.8 Å². The summed E-state index contributed by atoms with van der Waals surface area (Å²) in [5.74, 6) is 0.104. The summed E-state index contributed by atoms with van der Waals surface area (Å²) in [6, 6.07) is -0.284. The Labute approximate surface area is 148 Å². The number of aromatic amines is 1. The molecule has 0 amide bonds. The molecule has 1 unspecified atom stereocenters. The van der Waals surface area contributed by atoms with Crippen LogP contribution in [0.1, 0.15) is 19.3 Å². The fourth-order valence-corrected chi connectivity index (χ4v) is 4.28. The Bertz CT molecular complexity index is 799. The van der Waals surface area contributed by atoms with Crippen molar-refractivity contribution in [3.63, 3.8) is 0 Å². The van der Waals surface area contributed by atoms with E-state index in [1.165, 1.54) is 6.34 Å². The molecule has 0 aromatic carbocycles. The van der Waals surface area contributed by atoms with E-state index in [9.17, 15) is 25.2 Å². The van der Waals surface area contributed by atoms with Crippen LogP contribution in [0.25, 0.3) is 0 Å². The Morgan fingerprint density at radius 1 is 1.31 bits per heavy atom. The first-order chi connectivity index (χ1) is 12.4. The number of nitrogens with one attached hydrogen (secondary N) is 1. The van der Waals surface area contributed by atoms with Gasteiger partial charge in [-0.25, -0.2) is 4.48 Å². The minimum absolute atomic E-state index is 0.0540. The molecule has 7 N–H and O–H groups in total. The highest BCUT2D eigenvalue weighted by molar-refractivity contribution is 5.87. The molecule has 26 heavy (non-hydrogen) atoms. The molecule has 3 aliphatic rings. The number of nitrogens with zero attached hydrogens (tertiary/aromatic N) is 3. The van der Waals surface area contributed by atoms with Crippen molar-refractivity contribution in [1.29, 1.82) is 0 Å². The van der Waals surface area contributed by atoms with Crippen molar-refractivity contribution in [2.75, 3.05) is 12.3 Å². The normalized spacial score (nSPS) is 41.7. The van der Waals surface area contributed by atoms with Crippen molar-refractivity contribution >= 4 is 23.8 Å². The van der Waals surface area contributed by atoms with E-state index in [0.29, 0.717) is 19.3 Å². The number of rotatable bonds is 3. The number of nitrogen functional groups attached to an aromatic ring is 1. The number of ether oxygens (including phenoxy) is 1. The summed E-state index contributed by atoms with van der Waals surface area (Å²) < 4.78 is 5.51. The number of aliphatic imine (C=N–C) groups is 1. The molecule has 2 fully saturated rings. The number of H-pyrrole nitrogens is 1. The molecule has 11 heteroatoms. The number of hydrogen-bond donors (Lipinski definition) is 6. The molecule has 1 aromatic rings. The van der Waals surface area contributed by atoms with Crippen molar-refractivity contribution in [3.8, 4) is 0 Å². The van der Waals surface area contributed by atoms with Gasteiger partial charge in [0.1, 0.15) is 18.2 Å². The van der Waals surface area contributed by atoms with Crippen molar-refractivity contribution in [2.24, 2.45) is 4.99 Å². The van der Waals surface area contributed by atoms with Crippen LogP contribution in [-0.4, -0.2) is 80.0 Å². The molecule has 1 aliphatic carbocycles. The number of anilines is 1.